The van der Waals surface area contributed by atoms with Crippen molar-refractivity contribution in [2.24, 2.45) is 0 Å². The fourth-order valence-corrected chi connectivity index (χ4v) is 2.10. The minimum atomic E-state index is -0.113. The summed E-state index contributed by atoms with van der Waals surface area (Å²) in [7, 11) is 0. The Labute approximate surface area is 107 Å². The lowest BCUT2D eigenvalue weighted by Crippen LogP contribution is -2.11. The molecular formula is C14H19N3O. The molecule has 96 valence electrons. The number of phenolic OH excluding ortho intramolecular Hbond substituents is 1. The number of nitrogens with one attached hydrogen (secondary N) is 1. The molecule has 0 fully saturated rings. The minimum absolute atomic E-state index is 0.113. The number of hydrogen-bond donors (Lipinski definition) is 3. The second-order valence-corrected chi connectivity index (χ2v) is 5.61. The summed E-state index contributed by atoms with van der Waals surface area (Å²) in [5.74, 6) is 0.719. The minimum Gasteiger partial charge on any atom is -0.507 e. The molecule has 1 heterocycles. The third-order valence-corrected chi connectivity index (χ3v) is 3.06. The van der Waals surface area contributed by atoms with Gasteiger partial charge in [0.2, 0.25) is 0 Å². The van der Waals surface area contributed by atoms with Gasteiger partial charge in [0, 0.05) is 11.6 Å². The number of hydrogen-bond acceptors (Lipinski definition) is 3. The first-order valence-corrected chi connectivity index (χ1v) is 5.95. The highest BCUT2D eigenvalue weighted by molar-refractivity contribution is 5.74. The Bertz CT molecular complexity index is 579. The van der Waals surface area contributed by atoms with Gasteiger partial charge in [-0.1, -0.05) is 32.9 Å². The van der Waals surface area contributed by atoms with E-state index >= 15 is 0 Å². The van der Waals surface area contributed by atoms with Crippen molar-refractivity contribution in [3.63, 3.8) is 0 Å². The molecule has 0 atom stereocenters. The molecule has 18 heavy (non-hydrogen) atoms. The molecule has 2 rings (SSSR count). The SMILES string of the molecule is Cc1ccc(C(C)(C)C)c(O)c1-c1cc(N)n[nH]1. The van der Waals surface area contributed by atoms with Crippen LogP contribution in [-0.2, 0) is 5.41 Å². The van der Waals surface area contributed by atoms with Crippen LogP contribution in [0.15, 0.2) is 18.2 Å². The van der Waals surface area contributed by atoms with Gasteiger partial charge in [0.1, 0.15) is 11.6 Å². The molecule has 4 N–H and O–H groups in total. The predicted molar refractivity (Wildman–Crippen MR) is 73.5 cm³/mol. The van der Waals surface area contributed by atoms with Crippen LogP contribution in [0.4, 0.5) is 5.82 Å². The average molecular weight is 245 g/mol. The second kappa shape index (κ2) is 4.05. The van der Waals surface area contributed by atoms with E-state index in [2.05, 4.69) is 31.0 Å². The number of aromatic hydroxyl groups is 1. The van der Waals surface area contributed by atoms with E-state index in [1.165, 1.54) is 0 Å². The zero-order chi connectivity index (χ0) is 13.5. The van der Waals surface area contributed by atoms with E-state index in [9.17, 15) is 5.11 Å². The summed E-state index contributed by atoms with van der Waals surface area (Å²) in [6, 6.07) is 5.70. The third-order valence-electron chi connectivity index (χ3n) is 3.06. The molecule has 0 amide bonds. The van der Waals surface area contributed by atoms with Crippen LogP contribution < -0.4 is 5.73 Å². The first kappa shape index (κ1) is 12.5. The van der Waals surface area contributed by atoms with Gasteiger partial charge >= 0.3 is 0 Å². The van der Waals surface area contributed by atoms with Gasteiger partial charge in [-0.3, -0.25) is 5.10 Å². The van der Waals surface area contributed by atoms with E-state index in [4.69, 9.17) is 5.73 Å². The van der Waals surface area contributed by atoms with E-state index in [0.29, 0.717) is 11.6 Å². The first-order chi connectivity index (χ1) is 8.30. The van der Waals surface area contributed by atoms with E-state index in [1.54, 1.807) is 6.07 Å². The van der Waals surface area contributed by atoms with E-state index in [0.717, 1.165) is 22.4 Å². The third kappa shape index (κ3) is 2.06. The summed E-state index contributed by atoms with van der Waals surface area (Å²) in [6.45, 7) is 8.17. The number of aromatic nitrogens is 2. The van der Waals surface area contributed by atoms with Crippen molar-refractivity contribution in [3.05, 3.63) is 29.3 Å². The average Bonchev–Trinajstić information content (AvgIpc) is 2.62. The van der Waals surface area contributed by atoms with Crippen molar-refractivity contribution in [1.82, 2.24) is 10.2 Å². The van der Waals surface area contributed by atoms with Gasteiger partial charge in [-0.15, -0.1) is 0 Å². The van der Waals surface area contributed by atoms with Crippen molar-refractivity contribution in [1.29, 1.82) is 0 Å². The number of rotatable bonds is 1. The zero-order valence-electron chi connectivity index (χ0n) is 11.2. The molecule has 1 aromatic carbocycles. The molecule has 0 spiro atoms. The van der Waals surface area contributed by atoms with Gasteiger partial charge in [-0.2, -0.15) is 5.10 Å². The Balaban J connectivity index is 2.67. The quantitative estimate of drug-likeness (QED) is 0.723. The predicted octanol–water partition coefficient (Wildman–Crippen LogP) is 2.97. The Kier molecular flexibility index (Phi) is 2.81. The molecule has 0 aliphatic heterocycles. The number of nitrogens with zero attached hydrogens (tertiary/aromatic N) is 1. The number of phenols is 1. The molecule has 2 aromatic rings. The topological polar surface area (TPSA) is 74.9 Å². The normalized spacial score (nSPS) is 11.8. The number of benzene rings is 1. The zero-order valence-corrected chi connectivity index (χ0v) is 11.2. The monoisotopic (exact) mass is 245 g/mol. The van der Waals surface area contributed by atoms with Gasteiger partial charge in [0.05, 0.1) is 5.69 Å². The van der Waals surface area contributed by atoms with Crippen LogP contribution in [0.3, 0.4) is 0 Å². The standard InChI is InChI=1S/C14H19N3O/c1-8-5-6-9(14(2,3)4)13(18)12(8)10-7-11(15)17-16-10/h5-7,18H,1-4H3,(H3,15,16,17). The maximum Gasteiger partial charge on any atom is 0.145 e. The van der Waals surface area contributed by atoms with Crippen LogP contribution in [0.2, 0.25) is 0 Å². The van der Waals surface area contributed by atoms with Crippen LogP contribution in [0.1, 0.15) is 31.9 Å². The lowest BCUT2D eigenvalue weighted by atomic mass is 9.84. The van der Waals surface area contributed by atoms with Crippen molar-refractivity contribution in [2.45, 2.75) is 33.1 Å². The molecule has 0 radical (unpaired) electrons. The maximum absolute atomic E-state index is 10.5. The molecule has 0 unspecified atom stereocenters. The van der Waals surface area contributed by atoms with Crippen LogP contribution in [0.25, 0.3) is 11.3 Å². The smallest absolute Gasteiger partial charge is 0.145 e. The molecular weight excluding hydrogens is 226 g/mol. The number of aryl methyl sites for hydroxylation is 1. The van der Waals surface area contributed by atoms with Crippen molar-refractivity contribution >= 4 is 5.82 Å². The van der Waals surface area contributed by atoms with Gasteiger partial charge in [-0.25, -0.2) is 0 Å². The first-order valence-electron chi connectivity index (χ1n) is 5.95. The van der Waals surface area contributed by atoms with E-state index in [-0.39, 0.29) is 5.41 Å². The maximum atomic E-state index is 10.5. The molecule has 0 saturated carbocycles. The largest absolute Gasteiger partial charge is 0.507 e. The van der Waals surface area contributed by atoms with Gasteiger partial charge in [0.25, 0.3) is 0 Å². The van der Waals surface area contributed by atoms with Crippen molar-refractivity contribution < 1.29 is 5.11 Å². The molecule has 0 aliphatic rings. The highest BCUT2D eigenvalue weighted by atomic mass is 16.3. The Morgan fingerprint density at radius 1 is 1.28 bits per heavy atom. The van der Waals surface area contributed by atoms with E-state index < -0.39 is 0 Å². The van der Waals surface area contributed by atoms with Crippen LogP contribution >= 0.6 is 0 Å². The molecule has 0 aliphatic carbocycles. The molecule has 4 nitrogen and oxygen atoms in total. The van der Waals surface area contributed by atoms with Crippen molar-refractivity contribution in [3.8, 4) is 17.0 Å². The van der Waals surface area contributed by atoms with Crippen LogP contribution in [-0.4, -0.2) is 15.3 Å². The summed E-state index contributed by atoms with van der Waals surface area (Å²) in [5, 5.41) is 17.2. The highest BCUT2D eigenvalue weighted by Crippen LogP contribution is 2.39. The Morgan fingerprint density at radius 3 is 2.44 bits per heavy atom. The summed E-state index contributed by atoms with van der Waals surface area (Å²) < 4.78 is 0. The van der Waals surface area contributed by atoms with Gasteiger partial charge in [0.15, 0.2) is 0 Å². The number of aromatic amines is 1. The highest BCUT2D eigenvalue weighted by Gasteiger charge is 2.22. The summed E-state index contributed by atoms with van der Waals surface area (Å²) in [6.07, 6.45) is 0. The Morgan fingerprint density at radius 2 is 1.94 bits per heavy atom. The van der Waals surface area contributed by atoms with Gasteiger partial charge < -0.3 is 10.8 Å². The van der Waals surface area contributed by atoms with Crippen LogP contribution in [0.5, 0.6) is 5.75 Å². The number of anilines is 1. The molecule has 4 heteroatoms. The molecule has 0 saturated heterocycles. The molecule has 0 bridgehead atoms. The number of H-pyrrole nitrogens is 1. The number of nitrogens with two attached hydrogens (primary N) is 1. The van der Waals surface area contributed by atoms with Gasteiger partial charge in [-0.05, 0) is 23.5 Å². The summed E-state index contributed by atoms with van der Waals surface area (Å²) >= 11 is 0. The number of nitrogen functional groups attached to an aromatic ring is 1. The van der Waals surface area contributed by atoms with Crippen LogP contribution in [0, 0.1) is 6.92 Å². The van der Waals surface area contributed by atoms with Crippen molar-refractivity contribution in [2.75, 3.05) is 5.73 Å². The lowest BCUT2D eigenvalue weighted by Gasteiger charge is -2.22. The fraction of sp³-hybridized carbons (Fsp3) is 0.357. The Hall–Kier alpha value is -1.97. The fourth-order valence-electron chi connectivity index (χ4n) is 2.10. The van der Waals surface area contributed by atoms with E-state index in [1.807, 2.05) is 19.1 Å². The lowest BCUT2D eigenvalue weighted by molar-refractivity contribution is 0.448. The second-order valence-electron chi connectivity index (χ2n) is 5.61. The summed E-state index contributed by atoms with van der Waals surface area (Å²) in [4.78, 5) is 0. The molecule has 1 aromatic heterocycles. The summed E-state index contributed by atoms with van der Waals surface area (Å²) in [5.41, 5.74) is 8.92.